The van der Waals surface area contributed by atoms with Gasteiger partial charge in [0.25, 0.3) is 0 Å². The second kappa shape index (κ2) is 7.09. The number of halogens is 4. The van der Waals surface area contributed by atoms with Gasteiger partial charge in [-0.05, 0) is 48.2 Å². The second-order valence-corrected chi connectivity index (χ2v) is 7.42. The van der Waals surface area contributed by atoms with E-state index in [9.17, 15) is 18.3 Å². The number of piperidine rings is 1. The van der Waals surface area contributed by atoms with E-state index in [2.05, 4.69) is 20.8 Å². The van der Waals surface area contributed by atoms with E-state index >= 15 is 0 Å². The third-order valence-corrected chi connectivity index (χ3v) is 5.28. The summed E-state index contributed by atoms with van der Waals surface area (Å²) in [4.78, 5) is 2.16. The third-order valence-electron chi connectivity index (χ3n) is 4.75. The maximum absolute atomic E-state index is 12.6. The first-order chi connectivity index (χ1) is 11.8. The summed E-state index contributed by atoms with van der Waals surface area (Å²) in [6.45, 7) is 2.00. The molecule has 0 aliphatic carbocycles. The highest BCUT2D eigenvalue weighted by Crippen LogP contribution is 2.34. The SMILES string of the molecule is OC1(c2ccc(Br)cc2)CCN(Cc2ccc(C(F)(F)F)cc2)CC1. The molecular weight excluding hydrogens is 395 g/mol. The molecule has 2 nitrogen and oxygen atoms in total. The van der Waals surface area contributed by atoms with E-state index in [0.717, 1.165) is 27.7 Å². The molecule has 0 spiro atoms. The normalized spacial score (nSPS) is 18.3. The van der Waals surface area contributed by atoms with Gasteiger partial charge in [-0.25, -0.2) is 0 Å². The highest BCUT2D eigenvalue weighted by molar-refractivity contribution is 9.10. The first kappa shape index (κ1) is 18.4. The van der Waals surface area contributed by atoms with E-state index in [0.29, 0.717) is 32.5 Å². The van der Waals surface area contributed by atoms with Crippen LogP contribution in [0.5, 0.6) is 0 Å². The van der Waals surface area contributed by atoms with E-state index in [1.807, 2.05) is 24.3 Å². The van der Waals surface area contributed by atoms with E-state index in [4.69, 9.17) is 0 Å². The largest absolute Gasteiger partial charge is 0.416 e. The zero-order valence-electron chi connectivity index (χ0n) is 13.6. The average Bonchev–Trinajstić information content (AvgIpc) is 2.57. The minimum absolute atomic E-state index is 0.592. The van der Waals surface area contributed by atoms with Crippen molar-refractivity contribution in [2.45, 2.75) is 31.2 Å². The molecule has 1 N–H and O–H groups in total. The van der Waals surface area contributed by atoms with Crippen molar-refractivity contribution in [1.29, 1.82) is 0 Å². The van der Waals surface area contributed by atoms with Crippen molar-refractivity contribution >= 4 is 15.9 Å². The van der Waals surface area contributed by atoms with Gasteiger partial charge in [0.1, 0.15) is 0 Å². The van der Waals surface area contributed by atoms with Crippen LogP contribution in [-0.4, -0.2) is 23.1 Å². The number of benzene rings is 2. The summed E-state index contributed by atoms with van der Waals surface area (Å²) in [7, 11) is 0. The minimum atomic E-state index is -4.30. The Balaban J connectivity index is 1.60. The highest BCUT2D eigenvalue weighted by atomic mass is 79.9. The van der Waals surface area contributed by atoms with Gasteiger partial charge in [-0.3, -0.25) is 4.90 Å². The number of nitrogens with zero attached hydrogens (tertiary/aromatic N) is 1. The topological polar surface area (TPSA) is 23.5 Å². The molecule has 134 valence electrons. The number of alkyl halides is 3. The van der Waals surface area contributed by atoms with Gasteiger partial charge in [0, 0.05) is 24.1 Å². The molecule has 0 saturated carbocycles. The highest BCUT2D eigenvalue weighted by Gasteiger charge is 2.34. The van der Waals surface area contributed by atoms with Gasteiger partial charge in [0.05, 0.1) is 11.2 Å². The zero-order valence-corrected chi connectivity index (χ0v) is 15.1. The Kier molecular flexibility index (Phi) is 5.23. The van der Waals surface area contributed by atoms with Crippen LogP contribution in [0.4, 0.5) is 13.2 Å². The van der Waals surface area contributed by atoms with E-state index in [-0.39, 0.29) is 0 Å². The van der Waals surface area contributed by atoms with Crippen LogP contribution in [-0.2, 0) is 18.3 Å². The molecule has 0 unspecified atom stereocenters. The first-order valence-corrected chi connectivity index (χ1v) is 8.92. The summed E-state index contributed by atoms with van der Waals surface area (Å²) in [5.74, 6) is 0. The fourth-order valence-electron chi connectivity index (χ4n) is 3.19. The van der Waals surface area contributed by atoms with Crippen LogP contribution in [0.25, 0.3) is 0 Å². The molecular formula is C19H19BrF3NO. The number of likely N-dealkylation sites (tertiary alicyclic amines) is 1. The van der Waals surface area contributed by atoms with E-state index < -0.39 is 17.3 Å². The van der Waals surface area contributed by atoms with Gasteiger partial charge in [-0.15, -0.1) is 0 Å². The number of hydrogen-bond acceptors (Lipinski definition) is 2. The minimum Gasteiger partial charge on any atom is -0.385 e. The molecule has 25 heavy (non-hydrogen) atoms. The summed E-state index contributed by atoms with van der Waals surface area (Å²) in [5.41, 5.74) is 0.295. The molecule has 0 atom stereocenters. The molecule has 0 aromatic heterocycles. The van der Waals surface area contributed by atoms with Crippen molar-refractivity contribution in [2.24, 2.45) is 0 Å². The van der Waals surface area contributed by atoms with Gasteiger partial charge >= 0.3 is 6.18 Å². The molecule has 0 radical (unpaired) electrons. The monoisotopic (exact) mass is 413 g/mol. The van der Waals surface area contributed by atoms with Crippen LogP contribution in [0.15, 0.2) is 53.0 Å². The van der Waals surface area contributed by atoms with Crippen LogP contribution >= 0.6 is 15.9 Å². The molecule has 1 aliphatic heterocycles. The Bertz CT molecular complexity index is 705. The third kappa shape index (κ3) is 4.43. The summed E-state index contributed by atoms with van der Waals surface area (Å²) in [6.07, 6.45) is -3.09. The summed E-state index contributed by atoms with van der Waals surface area (Å²) in [6, 6.07) is 13.0. The van der Waals surface area contributed by atoms with Gasteiger partial charge in [-0.1, -0.05) is 40.2 Å². The Labute approximate surface area is 153 Å². The van der Waals surface area contributed by atoms with Crippen LogP contribution in [0, 0.1) is 0 Å². The lowest BCUT2D eigenvalue weighted by Gasteiger charge is -2.38. The Hall–Kier alpha value is -1.37. The first-order valence-electron chi connectivity index (χ1n) is 8.13. The molecule has 1 fully saturated rings. The standard InChI is InChI=1S/C19H19BrF3NO/c20-17-7-5-15(6-8-17)18(25)9-11-24(12-10-18)13-14-1-3-16(4-2-14)19(21,22)23/h1-8,25H,9-13H2. The zero-order chi connectivity index (χ0) is 18.1. The van der Waals surface area contributed by atoms with Gasteiger partial charge in [0.15, 0.2) is 0 Å². The van der Waals surface area contributed by atoms with E-state index in [1.165, 1.54) is 12.1 Å². The lowest BCUT2D eigenvalue weighted by molar-refractivity contribution is -0.137. The maximum atomic E-state index is 12.6. The average molecular weight is 414 g/mol. The van der Waals surface area contributed by atoms with Crippen molar-refractivity contribution in [3.8, 4) is 0 Å². The molecule has 1 aliphatic rings. The fraction of sp³-hybridized carbons (Fsp3) is 0.368. The van der Waals surface area contributed by atoms with Crippen LogP contribution in [0.1, 0.15) is 29.5 Å². The van der Waals surface area contributed by atoms with Gasteiger partial charge in [-0.2, -0.15) is 13.2 Å². The lowest BCUT2D eigenvalue weighted by atomic mass is 9.84. The fourth-order valence-corrected chi connectivity index (χ4v) is 3.45. The summed E-state index contributed by atoms with van der Waals surface area (Å²) in [5, 5.41) is 10.9. The molecule has 2 aromatic rings. The molecule has 0 bridgehead atoms. The van der Waals surface area contributed by atoms with Crippen molar-refractivity contribution in [3.05, 3.63) is 69.7 Å². The number of rotatable bonds is 3. The lowest BCUT2D eigenvalue weighted by Crippen LogP contribution is -2.42. The second-order valence-electron chi connectivity index (χ2n) is 6.51. The van der Waals surface area contributed by atoms with Crippen molar-refractivity contribution < 1.29 is 18.3 Å². The Morgan fingerprint density at radius 3 is 2.04 bits per heavy atom. The molecule has 1 saturated heterocycles. The van der Waals surface area contributed by atoms with Gasteiger partial charge in [0.2, 0.25) is 0 Å². The Morgan fingerprint density at radius 2 is 1.52 bits per heavy atom. The van der Waals surface area contributed by atoms with Crippen LogP contribution in [0.2, 0.25) is 0 Å². The molecule has 0 amide bonds. The Morgan fingerprint density at radius 1 is 0.960 bits per heavy atom. The quantitative estimate of drug-likeness (QED) is 0.768. The van der Waals surface area contributed by atoms with E-state index in [1.54, 1.807) is 0 Å². The molecule has 1 heterocycles. The number of aliphatic hydroxyl groups is 1. The van der Waals surface area contributed by atoms with Crippen LogP contribution < -0.4 is 0 Å². The van der Waals surface area contributed by atoms with Crippen molar-refractivity contribution in [3.63, 3.8) is 0 Å². The van der Waals surface area contributed by atoms with Crippen molar-refractivity contribution in [2.75, 3.05) is 13.1 Å². The summed E-state index contributed by atoms with van der Waals surface area (Å²) >= 11 is 3.39. The van der Waals surface area contributed by atoms with Gasteiger partial charge < -0.3 is 5.11 Å². The van der Waals surface area contributed by atoms with Crippen molar-refractivity contribution in [1.82, 2.24) is 4.90 Å². The summed E-state index contributed by atoms with van der Waals surface area (Å²) < 4.78 is 38.8. The smallest absolute Gasteiger partial charge is 0.385 e. The predicted molar refractivity (Wildman–Crippen MR) is 94.0 cm³/mol. The predicted octanol–water partition coefficient (Wildman–Crippen LogP) is 4.95. The molecule has 2 aromatic carbocycles. The maximum Gasteiger partial charge on any atom is 0.416 e. The molecule has 3 rings (SSSR count). The molecule has 6 heteroatoms. The number of hydrogen-bond donors (Lipinski definition) is 1. The van der Waals surface area contributed by atoms with Crippen LogP contribution in [0.3, 0.4) is 0 Å².